The van der Waals surface area contributed by atoms with E-state index in [4.69, 9.17) is 0 Å². The molecule has 2 heterocycles. The Kier molecular flexibility index (Phi) is 3.99. The van der Waals surface area contributed by atoms with Crippen molar-refractivity contribution >= 4 is 11.9 Å². The number of alkyl halides is 3. The molecule has 0 N–H and O–H groups in total. The van der Waals surface area contributed by atoms with Crippen molar-refractivity contribution in [2.75, 3.05) is 13.1 Å². The molecule has 8 heteroatoms. The third-order valence-electron chi connectivity index (χ3n) is 4.07. The van der Waals surface area contributed by atoms with Gasteiger partial charge in [-0.05, 0) is 30.9 Å². The van der Waals surface area contributed by atoms with E-state index in [1.54, 1.807) is 0 Å². The highest BCUT2D eigenvalue weighted by atomic mass is 19.4. The molecule has 3 amide bonds. The van der Waals surface area contributed by atoms with E-state index in [-0.39, 0.29) is 31.1 Å². The fourth-order valence-corrected chi connectivity index (χ4v) is 2.63. The molecule has 2 fully saturated rings. The first-order valence-corrected chi connectivity index (χ1v) is 7.46. The fraction of sp³-hybridized carbons (Fsp3) is 0.533. The Bertz CT molecular complexity index is 629. The van der Waals surface area contributed by atoms with Crippen LogP contribution in [0.25, 0.3) is 0 Å². The van der Waals surface area contributed by atoms with E-state index < -0.39 is 17.8 Å². The molecule has 1 saturated carbocycles. The van der Waals surface area contributed by atoms with E-state index in [0.717, 1.165) is 23.8 Å². The van der Waals surface area contributed by atoms with Gasteiger partial charge in [0.05, 0.1) is 17.8 Å². The van der Waals surface area contributed by atoms with Crippen LogP contribution in [0.1, 0.15) is 30.5 Å². The predicted molar refractivity (Wildman–Crippen MR) is 74.1 cm³/mol. The first-order chi connectivity index (χ1) is 10.9. The van der Waals surface area contributed by atoms with Crippen molar-refractivity contribution in [2.24, 2.45) is 5.92 Å². The van der Waals surface area contributed by atoms with Gasteiger partial charge in [0.1, 0.15) is 0 Å². The van der Waals surface area contributed by atoms with Gasteiger partial charge < -0.3 is 4.90 Å². The highest BCUT2D eigenvalue weighted by molar-refractivity contribution is 5.96. The van der Waals surface area contributed by atoms with Gasteiger partial charge in [-0.1, -0.05) is 0 Å². The van der Waals surface area contributed by atoms with Crippen LogP contribution in [0.2, 0.25) is 0 Å². The summed E-state index contributed by atoms with van der Waals surface area (Å²) in [6.45, 7) is 0.234. The molecule has 0 radical (unpaired) electrons. The monoisotopic (exact) mass is 327 g/mol. The largest absolute Gasteiger partial charge is 0.418 e. The number of aromatic nitrogens is 1. The van der Waals surface area contributed by atoms with Gasteiger partial charge in [-0.3, -0.25) is 14.7 Å². The highest BCUT2D eigenvalue weighted by Gasteiger charge is 2.38. The van der Waals surface area contributed by atoms with Gasteiger partial charge in [0, 0.05) is 25.7 Å². The Morgan fingerprint density at radius 3 is 2.65 bits per heavy atom. The molecule has 0 aromatic carbocycles. The number of amides is 3. The minimum atomic E-state index is -4.52. The van der Waals surface area contributed by atoms with E-state index in [2.05, 4.69) is 4.98 Å². The average Bonchev–Trinajstić information content (AvgIpc) is 3.30. The molecule has 124 valence electrons. The van der Waals surface area contributed by atoms with E-state index >= 15 is 0 Å². The number of carbonyl (C=O) groups is 2. The van der Waals surface area contributed by atoms with Crippen molar-refractivity contribution < 1.29 is 22.8 Å². The summed E-state index contributed by atoms with van der Waals surface area (Å²) in [6, 6.07) is 1.64. The number of pyridine rings is 1. The van der Waals surface area contributed by atoms with Gasteiger partial charge in [-0.25, -0.2) is 4.79 Å². The Labute approximate surface area is 131 Å². The Morgan fingerprint density at radius 1 is 1.26 bits per heavy atom. The summed E-state index contributed by atoms with van der Waals surface area (Å²) in [5.74, 6) is 0.0821. The molecule has 1 aliphatic heterocycles. The quantitative estimate of drug-likeness (QED) is 0.854. The van der Waals surface area contributed by atoms with Crippen molar-refractivity contribution in [3.8, 4) is 0 Å². The van der Waals surface area contributed by atoms with E-state index in [1.807, 2.05) is 0 Å². The summed E-state index contributed by atoms with van der Waals surface area (Å²) in [7, 11) is 0. The molecule has 0 bridgehead atoms. The van der Waals surface area contributed by atoms with Crippen LogP contribution in [0.15, 0.2) is 18.3 Å². The summed E-state index contributed by atoms with van der Waals surface area (Å²) in [4.78, 5) is 30.5. The molecule has 1 saturated heterocycles. The van der Waals surface area contributed by atoms with Gasteiger partial charge >= 0.3 is 12.2 Å². The van der Waals surface area contributed by atoms with Crippen LogP contribution in [0.5, 0.6) is 0 Å². The molecule has 23 heavy (non-hydrogen) atoms. The summed E-state index contributed by atoms with van der Waals surface area (Å²) in [6.07, 6.45) is -1.16. The van der Waals surface area contributed by atoms with Crippen LogP contribution in [-0.2, 0) is 17.5 Å². The van der Waals surface area contributed by atoms with Crippen LogP contribution >= 0.6 is 0 Å². The second-order valence-corrected chi connectivity index (χ2v) is 5.90. The van der Waals surface area contributed by atoms with Crippen LogP contribution < -0.4 is 0 Å². The van der Waals surface area contributed by atoms with E-state index in [1.165, 1.54) is 17.2 Å². The number of urea groups is 1. The predicted octanol–water partition coefficient (Wildman–Crippen LogP) is 2.66. The number of hydrogen-bond donors (Lipinski definition) is 0. The molecule has 1 aromatic rings. The smallest absolute Gasteiger partial charge is 0.318 e. The summed E-state index contributed by atoms with van der Waals surface area (Å²) in [5, 5.41) is 0. The second kappa shape index (κ2) is 5.82. The van der Waals surface area contributed by atoms with Crippen LogP contribution in [0.3, 0.4) is 0 Å². The number of carbonyl (C=O) groups excluding carboxylic acids is 2. The van der Waals surface area contributed by atoms with Crippen LogP contribution in [-0.4, -0.2) is 39.8 Å². The molecule has 0 spiro atoms. The first-order valence-electron chi connectivity index (χ1n) is 7.46. The lowest BCUT2D eigenvalue weighted by Gasteiger charge is -2.34. The lowest BCUT2D eigenvalue weighted by atomic mass is 10.1. The molecule has 3 rings (SSSR count). The Hall–Kier alpha value is -2.12. The molecule has 2 aliphatic rings. The number of hydrogen-bond acceptors (Lipinski definition) is 3. The minimum absolute atomic E-state index is 0.118. The molecule has 1 aliphatic carbocycles. The molecule has 1 aromatic heterocycles. The lowest BCUT2D eigenvalue weighted by Crippen LogP contribution is -2.52. The summed E-state index contributed by atoms with van der Waals surface area (Å²) in [5.41, 5.74) is -1.05. The Balaban J connectivity index is 1.77. The number of nitrogens with zero attached hydrogens (tertiary/aromatic N) is 3. The Morgan fingerprint density at radius 2 is 2.00 bits per heavy atom. The van der Waals surface area contributed by atoms with Gasteiger partial charge in [0.15, 0.2) is 0 Å². The molecule has 0 atom stereocenters. The minimum Gasteiger partial charge on any atom is -0.318 e. The van der Waals surface area contributed by atoms with E-state index in [0.29, 0.717) is 12.5 Å². The normalized spacial score (nSPS) is 19.4. The molecular weight excluding hydrogens is 311 g/mol. The van der Waals surface area contributed by atoms with Crippen molar-refractivity contribution in [1.82, 2.24) is 14.8 Å². The number of rotatable bonds is 4. The van der Waals surface area contributed by atoms with Crippen molar-refractivity contribution in [3.05, 3.63) is 29.6 Å². The molecule has 5 nitrogen and oxygen atoms in total. The average molecular weight is 327 g/mol. The zero-order chi connectivity index (χ0) is 16.6. The molecular formula is C15H16F3N3O2. The van der Waals surface area contributed by atoms with Gasteiger partial charge in [0.25, 0.3) is 0 Å². The second-order valence-electron chi connectivity index (χ2n) is 5.90. The van der Waals surface area contributed by atoms with Crippen LogP contribution in [0.4, 0.5) is 18.0 Å². The molecule has 0 unspecified atom stereocenters. The van der Waals surface area contributed by atoms with Gasteiger partial charge in [-0.2, -0.15) is 13.2 Å². The maximum absolute atomic E-state index is 13.0. The van der Waals surface area contributed by atoms with Crippen molar-refractivity contribution in [2.45, 2.75) is 32.0 Å². The SMILES string of the molecule is O=C1CCN(Cc2ncccc2C(F)(F)F)C(=O)N1CC1CC1. The number of imide groups is 1. The maximum Gasteiger partial charge on any atom is 0.418 e. The zero-order valence-electron chi connectivity index (χ0n) is 12.3. The first kappa shape index (κ1) is 15.8. The van der Waals surface area contributed by atoms with Crippen molar-refractivity contribution in [1.29, 1.82) is 0 Å². The maximum atomic E-state index is 13.0. The number of halogens is 3. The van der Waals surface area contributed by atoms with Crippen LogP contribution in [0, 0.1) is 5.92 Å². The van der Waals surface area contributed by atoms with Gasteiger partial charge in [-0.15, -0.1) is 0 Å². The summed E-state index contributed by atoms with van der Waals surface area (Å²) < 4.78 is 39.0. The topological polar surface area (TPSA) is 53.5 Å². The third kappa shape index (κ3) is 3.46. The third-order valence-corrected chi connectivity index (χ3v) is 4.07. The fourth-order valence-electron chi connectivity index (χ4n) is 2.63. The zero-order valence-corrected chi connectivity index (χ0v) is 12.3. The highest BCUT2D eigenvalue weighted by Crippen LogP contribution is 2.33. The summed E-state index contributed by atoms with van der Waals surface area (Å²) >= 11 is 0. The van der Waals surface area contributed by atoms with Gasteiger partial charge in [0.2, 0.25) is 5.91 Å². The lowest BCUT2D eigenvalue weighted by molar-refractivity contribution is -0.139. The van der Waals surface area contributed by atoms with E-state index in [9.17, 15) is 22.8 Å². The van der Waals surface area contributed by atoms with Crippen molar-refractivity contribution in [3.63, 3.8) is 0 Å². The standard InChI is InChI=1S/C15H16F3N3O2/c16-15(17,18)11-2-1-6-19-12(11)9-20-7-5-13(22)21(14(20)23)8-10-3-4-10/h1-2,6,10H,3-5,7-9H2.